The maximum absolute atomic E-state index is 12.8. The number of nitrogens with zero attached hydrogens (tertiary/aromatic N) is 2. The molecule has 3 rings (SSSR count). The van der Waals surface area contributed by atoms with Gasteiger partial charge in [0.15, 0.2) is 5.82 Å². The van der Waals surface area contributed by atoms with Crippen molar-refractivity contribution in [2.24, 2.45) is 5.41 Å². The Bertz CT molecular complexity index is 717. The molecular formula is C18H24N4O3. The zero-order valence-electron chi connectivity index (χ0n) is 14.7. The predicted molar refractivity (Wildman–Crippen MR) is 93.2 cm³/mol. The molecule has 1 aliphatic rings. The molecule has 1 aliphatic heterocycles. The smallest absolute Gasteiger partial charge is 0.258 e. The van der Waals surface area contributed by atoms with Gasteiger partial charge in [-0.05, 0) is 45.0 Å². The first-order chi connectivity index (χ1) is 12.1. The van der Waals surface area contributed by atoms with Crippen LogP contribution in [-0.4, -0.2) is 49.4 Å². The zero-order chi connectivity index (χ0) is 17.7. The van der Waals surface area contributed by atoms with Crippen LogP contribution in [0.4, 0.5) is 0 Å². The van der Waals surface area contributed by atoms with E-state index in [1.54, 1.807) is 20.1 Å². The number of methoxy groups -OCH3 is 1. The molecule has 0 aliphatic carbocycles. The molecule has 7 nitrogen and oxygen atoms in total. The normalized spacial score (nSPS) is 16.6. The van der Waals surface area contributed by atoms with Gasteiger partial charge in [-0.3, -0.25) is 4.79 Å². The average molecular weight is 344 g/mol. The van der Waals surface area contributed by atoms with Crippen LogP contribution < -0.4 is 10.6 Å². The van der Waals surface area contributed by atoms with Gasteiger partial charge in [0.05, 0.1) is 17.7 Å². The van der Waals surface area contributed by atoms with E-state index in [-0.39, 0.29) is 11.3 Å². The van der Waals surface area contributed by atoms with E-state index in [2.05, 4.69) is 20.8 Å². The quantitative estimate of drug-likeness (QED) is 0.830. The van der Waals surface area contributed by atoms with Crippen molar-refractivity contribution in [1.82, 2.24) is 20.8 Å². The van der Waals surface area contributed by atoms with Crippen molar-refractivity contribution >= 4 is 5.91 Å². The molecule has 1 aromatic carbocycles. The second-order valence-electron chi connectivity index (χ2n) is 6.56. The number of amides is 1. The molecule has 0 saturated carbocycles. The number of rotatable bonds is 6. The van der Waals surface area contributed by atoms with E-state index in [1.807, 2.05) is 18.2 Å². The van der Waals surface area contributed by atoms with Crippen LogP contribution in [0.25, 0.3) is 11.5 Å². The maximum atomic E-state index is 12.8. The molecule has 1 fully saturated rings. The van der Waals surface area contributed by atoms with E-state index in [4.69, 9.17) is 9.26 Å². The van der Waals surface area contributed by atoms with Crippen LogP contribution in [0.5, 0.6) is 0 Å². The number of aryl methyl sites for hydroxylation is 1. The highest BCUT2D eigenvalue weighted by Crippen LogP contribution is 2.29. The summed E-state index contributed by atoms with van der Waals surface area (Å²) in [6.07, 6.45) is 1.96. The summed E-state index contributed by atoms with van der Waals surface area (Å²) in [4.78, 5) is 17.0. The molecular weight excluding hydrogens is 320 g/mol. The van der Waals surface area contributed by atoms with Crippen LogP contribution in [0.15, 0.2) is 28.8 Å². The SMILES string of the molecule is COCC1(CNC(=O)c2ccccc2-c2nc(C)no2)CCNCC1. The molecule has 25 heavy (non-hydrogen) atoms. The Hall–Kier alpha value is -2.25. The summed E-state index contributed by atoms with van der Waals surface area (Å²) < 4.78 is 10.6. The van der Waals surface area contributed by atoms with Gasteiger partial charge in [-0.25, -0.2) is 0 Å². The van der Waals surface area contributed by atoms with Crippen molar-refractivity contribution in [1.29, 1.82) is 0 Å². The molecule has 0 atom stereocenters. The number of hydrogen-bond acceptors (Lipinski definition) is 6. The Morgan fingerprint density at radius 3 is 2.80 bits per heavy atom. The molecule has 0 spiro atoms. The lowest BCUT2D eigenvalue weighted by Gasteiger charge is -2.37. The van der Waals surface area contributed by atoms with E-state index >= 15 is 0 Å². The van der Waals surface area contributed by atoms with Crippen LogP contribution in [0.2, 0.25) is 0 Å². The van der Waals surface area contributed by atoms with Gasteiger partial charge in [0.1, 0.15) is 0 Å². The van der Waals surface area contributed by atoms with Gasteiger partial charge in [0.25, 0.3) is 11.8 Å². The first-order valence-corrected chi connectivity index (χ1v) is 8.51. The van der Waals surface area contributed by atoms with Gasteiger partial charge in [-0.1, -0.05) is 17.3 Å². The van der Waals surface area contributed by atoms with E-state index in [9.17, 15) is 4.79 Å². The maximum Gasteiger partial charge on any atom is 0.258 e. The van der Waals surface area contributed by atoms with Gasteiger partial charge in [-0.15, -0.1) is 0 Å². The van der Waals surface area contributed by atoms with E-state index < -0.39 is 0 Å². The van der Waals surface area contributed by atoms with Gasteiger partial charge < -0.3 is 19.9 Å². The number of piperidine rings is 1. The molecule has 2 N–H and O–H groups in total. The molecule has 1 aromatic heterocycles. The zero-order valence-corrected chi connectivity index (χ0v) is 14.7. The van der Waals surface area contributed by atoms with Crippen molar-refractivity contribution in [3.63, 3.8) is 0 Å². The fourth-order valence-corrected chi connectivity index (χ4v) is 3.27. The second kappa shape index (κ2) is 7.76. The Labute approximate surface area is 147 Å². The summed E-state index contributed by atoms with van der Waals surface area (Å²) in [5.74, 6) is 0.760. The number of hydrogen-bond donors (Lipinski definition) is 2. The van der Waals surface area contributed by atoms with Crippen LogP contribution in [-0.2, 0) is 4.74 Å². The summed E-state index contributed by atoms with van der Waals surface area (Å²) in [5, 5.41) is 10.2. The van der Waals surface area contributed by atoms with E-state index in [0.717, 1.165) is 25.9 Å². The Morgan fingerprint density at radius 1 is 1.36 bits per heavy atom. The Morgan fingerprint density at radius 2 is 2.12 bits per heavy atom. The van der Waals surface area contributed by atoms with Crippen LogP contribution in [0, 0.1) is 12.3 Å². The monoisotopic (exact) mass is 344 g/mol. The molecule has 0 bridgehead atoms. The van der Waals surface area contributed by atoms with Crippen LogP contribution in [0.3, 0.4) is 0 Å². The highest BCUT2D eigenvalue weighted by molar-refractivity contribution is 5.99. The Balaban J connectivity index is 1.75. The fraction of sp³-hybridized carbons (Fsp3) is 0.500. The van der Waals surface area contributed by atoms with E-state index in [1.165, 1.54) is 0 Å². The minimum atomic E-state index is -0.138. The van der Waals surface area contributed by atoms with Gasteiger partial charge in [0.2, 0.25) is 0 Å². The lowest BCUT2D eigenvalue weighted by molar-refractivity contribution is 0.0512. The topological polar surface area (TPSA) is 89.3 Å². The first-order valence-electron chi connectivity index (χ1n) is 8.51. The minimum absolute atomic E-state index is 0.0221. The number of carbonyl (C=O) groups is 1. The summed E-state index contributed by atoms with van der Waals surface area (Å²) in [7, 11) is 1.71. The number of carbonyl (C=O) groups excluding carboxylic acids is 1. The molecule has 2 heterocycles. The highest BCUT2D eigenvalue weighted by atomic mass is 16.5. The molecule has 1 amide bonds. The van der Waals surface area contributed by atoms with Crippen molar-refractivity contribution in [2.75, 3.05) is 33.4 Å². The number of nitrogens with one attached hydrogen (secondary N) is 2. The van der Waals surface area contributed by atoms with Gasteiger partial charge >= 0.3 is 0 Å². The number of ether oxygens (including phenoxy) is 1. The van der Waals surface area contributed by atoms with Crippen LogP contribution >= 0.6 is 0 Å². The first kappa shape index (κ1) is 17.6. The molecule has 0 radical (unpaired) electrons. The Kier molecular flexibility index (Phi) is 5.45. The van der Waals surface area contributed by atoms with Crippen molar-refractivity contribution in [3.05, 3.63) is 35.7 Å². The summed E-state index contributed by atoms with van der Waals surface area (Å²) in [6, 6.07) is 7.27. The fourth-order valence-electron chi connectivity index (χ4n) is 3.27. The van der Waals surface area contributed by atoms with Crippen LogP contribution in [0.1, 0.15) is 29.0 Å². The largest absolute Gasteiger partial charge is 0.384 e. The molecule has 134 valence electrons. The third-order valence-corrected chi connectivity index (χ3v) is 4.67. The van der Waals surface area contributed by atoms with Crippen molar-refractivity contribution in [2.45, 2.75) is 19.8 Å². The van der Waals surface area contributed by atoms with Gasteiger partial charge in [0, 0.05) is 19.1 Å². The summed E-state index contributed by atoms with van der Waals surface area (Å²) in [6.45, 7) is 4.85. The number of aromatic nitrogens is 2. The van der Waals surface area contributed by atoms with Crippen molar-refractivity contribution < 1.29 is 14.1 Å². The average Bonchev–Trinajstić information content (AvgIpc) is 3.07. The third kappa shape index (κ3) is 4.05. The van der Waals surface area contributed by atoms with Gasteiger partial charge in [-0.2, -0.15) is 4.98 Å². The minimum Gasteiger partial charge on any atom is -0.384 e. The van der Waals surface area contributed by atoms with E-state index in [0.29, 0.717) is 36.0 Å². The molecule has 1 saturated heterocycles. The molecule has 0 unspecified atom stereocenters. The standard InChI is InChI=1S/C18H24N4O3/c1-13-21-17(25-22-13)15-6-4-3-5-14(15)16(23)20-11-18(12-24-2)7-9-19-10-8-18/h3-6,19H,7-12H2,1-2H3,(H,20,23). The third-order valence-electron chi connectivity index (χ3n) is 4.67. The summed E-state index contributed by atoms with van der Waals surface area (Å²) in [5.41, 5.74) is 1.16. The predicted octanol–water partition coefficient (Wildman–Crippen LogP) is 1.79. The number of benzene rings is 1. The van der Waals surface area contributed by atoms with Crippen molar-refractivity contribution in [3.8, 4) is 11.5 Å². The lowest BCUT2D eigenvalue weighted by atomic mass is 9.79. The highest BCUT2D eigenvalue weighted by Gasteiger charge is 2.32. The molecule has 2 aromatic rings. The summed E-state index contributed by atoms with van der Waals surface area (Å²) >= 11 is 0. The lowest BCUT2D eigenvalue weighted by Crippen LogP contribution is -2.47. The second-order valence-corrected chi connectivity index (χ2v) is 6.56. The molecule has 7 heteroatoms.